The fourth-order valence-electron chi connectivity index (χ4n) is 3.47. The highest BCUT2D eigenvalue weighted by Crippen LogP contribution is 2.21. The van der Waals surface area contributed by atoms with Crippen LogP contribution in [-0.4, -0.2) is 35.5 Å². The minimum Gasteiger partial charge on any atom is -0.371 e. The van der Waals surface area contributed by atoms with Gasteiger partial charge >= 0.3 is 0 Å². The Morgan fingerprint density at radius 2 is 1.79 bits per heavy atom. The van der Waals surface area contributed by atoms with Gasteiger partial charge in [0.25, 0.3) is 11.8 Å². The SMILES string of the molecule is C=N/C(NC(=O)c1cc(C(N)=O)nc2cc(F)ccc12)=C(/CC)N(C)Cc1ccc(F)cc1. The first-order valence-corrected chi connectivity index (χ1v) is 10.1. The van der Waals surface area contributed by atoms with Gasteiger partial charge in [-0.15, -0.1) is 0 Å². The zero-order valence-electron chi connectivity index (χ0n) is 18.2. The van der Waals surface area contributed by atoms with Gasteiger partial charge in [-0.25, -0.2) is 18.8 Å². The number of amides is 2. The first kappa shape index (κ1) is 23.5. The van der Waals surface area contributed by atoms with Crippen molar-refractivity contribution < 1.29 is 18.4 Å². The number of fused-ring (bicyclic) bond motifs is 1. The molecule has 7 nitrogen and oxygen atoms in total. The number of primary amides is 1. The van der Waals surface area contributed by atoms with E-state index in [1.165, 1.54) is 30.3 Å². The molecule has 0 atom stereocenters. The van der Waals surface area contributed by atoms with Crippen LogP contribution in [-0.2, 0) is 6.54 Å². The first-order valence-electron chi connectivity index (χ1n) is 10.1. The molecular weight excluding hydrogens is 428 g/mol. The van der Waals surface area contributed by atoms with Crippen LogP contribution in [0.25, 0.3) is 10.9 Å². The van der Waals surface area contributed by atoms with Crippen LogP contribution >= 0.6 is 0 Å². The van der Waals surface area contributed by atoms with Gasteiger partial charge in [0.2, 0.25) is 0 Å². The Bertz CT molecular complexity index is 1260. The highest BCUT2D eigenvalue weighted by Gasteiger charge is 2.19. The van der Waals surface area contributed by atoms with Crippen LogP contribution in [0.2, 0.25) is 0 Å². The Balaban J connectivity index is 1.97. The van der Waals surface area contributed by atoms with Gasteiger partial charge in [-0.1, -0.05) is 19.1 Å². The summed E-state index contributed by atoms with van der Waals surface area (Å²) in [5.74, 6) is -2.10. The Hall–Kier alpha value is -4.14. The fraction of sp³-hybridized carbons (Fsp3) is 0.167. The zero-order chi connectivity index (χ0) is 24.1. The summed E-state index contributed by atoms with van der Waals surface area (Å²) < 4.78 is 26.9. The van der Waals surface area contributed by atoms with Crippen molar-refractivity contribution in [3.8, 4) is 0 Å². The van der Waals surface area contributed by atoms with Crippen LogP contribution in [0, 0.1) is 11.6 Å². The molecule has 0 aliphatic carbocycles. The van der Waals surface area contributed by atoms with E-state index >= 15 is 0 Å². The lowest BCUT2D eigenvalue weighted by atomic mass is 10.1. The van der Waals surface area contributed by atoms with Gasteiger partial charge in [0.15, 0.2) is 5.82 Å². The van der Waals surface area contributed by atoms with Gasteiger partial charge in [-0.3, -0.25) is 9.59 Å². The minimum atomic E-state index is -0.846. The largest absolute Gasteiger partial charge is 0.371 e. The number of nitrogens with two attached hydrogens (primary N) is 1. The molecule has 0 unspecified atom stereocenters. The molecule has 3 N–H and O–H groups in total. The molecule has 170 valence electrons. The van der Waals surface area contributed by atoms with E-state index in [9.17, 15) is 18.4 Å². The third-order valence-corrected chi connectivity index (χ3v) is 5.06. The number of halogens is 2. The van der Waals surface area contributed by atoms with Crippen molar-refractivity contribution in [3.05, 3.63) is 88.5 Å². The topological polar surface area (TPSA) is 101 Å². The van der Waals surface area contributed by atoms with Gasteiger partial charge in [0, 0.05) is 25.0 Å². The number of rotatable bonds is 8. The molecule has 0 fully saturated rings. The summed E-state index contributed by atoms with van der Waals surface area (Å²) in [7, 11) is 1.81. The van der Waals surface area contributed by atoms with Crippen molar-refractivity contribution in [1.82, 2.24) is 15.2 Å². The molecule has 0 radical (unpaired) electrons. The smallest absolute Gasteiger partial charge is 0.267 e. The van der Waals surface area contributed by atoms with Gasteiger partial charge in [0.1, 0.15) is 17.3 Å². The van der Waals surface area contributed by atoms with Gasteiger partial charge in [-0.2, -0.15) is 0 Å². The Labute approximate surface area is 189 Å². The molecule has 0 spiro atoms. The monoisotopic (exact) mass is 451 g/mol. The summed E-state index contributed by atoms with van der Waals surface area (Å²) in [4.78, 5) is 34.7. The molecule has 2 amide bonds. The Kier molecular flexibility index (Phi) is 7.12. The third-order valence-electron chi connectivity index (χ3n) is 5.06. The van der Waals surface area contributed by atoms with Crippen LogP contribution in [0.3, 0.4) is 0 Å². The van der Waals surface area contributed by atoms with Crippen LogP contribution in [0.4, 0.5) is 8.78 Å². The van der Waals surface area contributed by atoms with Crippen LogP contribution in [0.1, 0.15) is 39.8 Å². The number of carbonyl (C=O) groups is 2. The van der Waals surface area contributed by atoms with E-state index in [1.807, 2.05) is 18.9 Å². The normalized spacial score (nSPS) is 11.6. The lowest BCUT2D eigenvalue weighted by Crippen LogP contribution is -2.28. The summed E-state index contributed by atoms with van der Waals surface area (Å²) in [6.07, 6.45) is 0.515. The Morgan fingerprint density at radius 3 is 2.39 bits per heavy atom. The van der Waals surface area contributed by atoms with Gasteiger partial charge in [-0.05, 0) is 49.0 Å². The van der Waals surface area contributed by atoms with Crippen LogP contribution in [0.5, 0.6) is 0 Å². The number of hydrogen-bond donors (Lipinski definition) is 2. The van der Waals surface area contributed by atoms with E-state index in [4.69, 9.17) is 5.73 Å². The maximum atomic E-state index is 13.7. The molecule has 3 aromatic rings. The fourth-order valence-corrected chi connectivity index (χ4v) is 3.47. The van der Waals surface area contributed by atoms with Gasteiger partial charge in [0.05, 0.1) is 16.8 Å². The predicted molar refractivity (Wildman–Crippen MR) is 122 cm³/mol. The molecule has 0 bridgehead atoms. The molecule has 0 aliphatic rings. The van der Waals surface area contributed by atoms with E-state index < -0.39 is 17.6 Å². The van der Waals surface area contributed by atoms with Crippen molar-refractivity contribution in [3.63, 3.8) is 0 Å². The molecular formula is C24H23F2N5O2. The highest BCUT2D eigenvalue weighted by molar-refractivity contribution is 6.09. The maximum Gasteiger partial charge on any atom is 0.267 e. The molecule has 2 aromatic carbocycles. The van der Waals surface area contributed by atoms with Crippen LogP contribution in [0.15, 0.2) is 65.0 Å². The molecule has 0 saturated carbocycles. The number of aromatic nitrogens is 1. The summed E-state index contributed by atoms with van der Waals surface area (Å²) in [6, 6.07) is 11.1. The van der Waals surface area contributed by atoms with E-state index in [1.54, 1.807) is 12.1 Å². The molecule has 0 aliphatic heterocycles. The maximum absolute atomic E-state index is 13.7. The highest BCUT2D eigenvalue weighted by atomic mass is 19.1. The van der Waals surface area contributed by atoms with Crippen LogP contribution < -0.4 is 11.1 Å². The number of nitrogens with zero attached hydrogens (tertiary/aromatic N) is 3. The summed E-state index contributed by atoms with van der Waals surface area (Å²) in [5, 5.41) is 3.07. The quantitative estimate of drug-likeness (QED) is 0.510. The lowest BCUT2D eigenvalue weighted by molar-refractivity contribution is 0.0965. The van der Waals surface area contributed by atoms with E-state index in [-0.39, 0.29) is 28.4 Å². The minimum absolute atomic E-state index is 0.0894. The second kappa shape index (κ2) is 9.99. The van der Waals surface area contributed by atoms with E-state index in [0.29, 0.717) is 24.0 Å². The number of pyridine rings is 1. The standard InChI is InChI=1S/C24H23F2N5O2/c1-4-21(31(3)13-14-5-7-15(25)8-6-14)23(28-2)30-24(33)18-12-20(22(27)32)29-19-11-16(26)9-10-17(18)19/h5-12H,2,4,13H2,1,3H3,(H2,27,32)(H,30,33)/b23-21+. The summed E-state index contributed by atoms with van der Waals surface area (Å²) >= 11 is 0. The number of aliphatic imine (C=N–C) groups is 1. The number of carbonyl (C=O) groups excluding carboxylic acids is 2. The first-order chi connectivity index (χ1) is 15.7. The van der Waals surface area contributed by atoms with E-state index in [2.05, 4.69) is 22.0 Å². The molecule has 1 heterocycles. The van der Waals surface area contributed by atoms with Crippen molar-refractivity contribution >= 4 is 29.4 Å². The van der Waals surface area contributed by atoms with Crippen molar-refractivity contribution in [2.75, 3.05) is 7.05 Å². The molecule has 0 saturated heterocycles. The second-order valence-electron chi connectivity index (χ2n) is 7.32. The van der Waals surface area contributed by atoms with Gasteiger partial charge < -0.3 is 16.0 Å². The number of nitrogens with one attached hydrogen (secondary N) is 1. The van der Waals surface area contributed by atoms with Crippen molar-refractivity contribution in [2.45, 2.75) is 19.9 Å². The molecule has 33 heavy (non-hydrogen) atoms. The predicted octanol–water partition coefficient (Wildman–Crippen LogP) is 3.75. The summed E-state index contributed by atoms with van der Waals surface area (Å²) in [5.41, 5.74) is 6.93. The number of allylic oxidation sites excluding steroid dienone is 1. The van der Waals surface area contributed by atoms with E-state index in [0.717, 1.165) is 11.6 Å². The number of hydrogen-bond acceptors (Lipinski definition) is 5. The summed E-state index contributed by atoms with van der Waals surface area (Å²) in [6.45, 7) is 5.90. The lowest BCUT2D eigenvalue weighted by Gasteiger charge is -2.24. The number of benzene rings is 2. The average Bonchev–Trinajstić information content (AvgIpc) is 2.79. The molecule has 9 heteroatoms. The second-order valence-corrected chi connectivity index (χ2v) is 7.32. The average molecular weight is 451 g/mol. The molecule has 1 aromatic heterocycles. The third kappa shape index (κ3) is 5.38. The zero-order valence-corrected chi connectivity index (χ0v) is 18.2. The molecule has 3 rings (SSSR count). The van der Waals surface area contributed by atoms with Crippen molar-refractivity contribution in [2.24, 2.45) is 10.7 Å². The Morgan fingerprint density at radius 1 is 1.12 bits per heavy atom. The van der Waals surface area contributed by atoms with Crippen molar-refractivity contribution in [1.29, 1.82) is 0 Å².